The predicted octanol–water partition coefficient (Wildman–Crippen LogP) is 3.61. The van der Waals surface area contributed by atoms with Crippen molar-refractivity contribution in [1.82, 2.24) is 0 Å². The third-order valence-corrected chi connectivity index (χ3v) is 3.50. The molecule has 0 atom stereocenters. The van der Waals surface area contributed by atoms with E-state index in [1.165, 1.54) is 12.1 Å². The van der Waals surface area contributed by atoms with E-state index in [-0.39, 0.29) is 5.69 Å². The highest BCUT2D eigenvalue weighted by Gasteiger charge is 2.32. The fourth-order valence-electron chi connectivity index (χ4n) is 2.28. The molecule has 1 fully saturated rings. The van der Waals surface area contributed by atoms with Gasteiger partial charge < -0.3 is 14.2 Å². The molecular formula is C16H15NO5. The molecule has 114 valence electrons. The van der Waals surface area contributed by atoms with Gasteiger partial charge in [0, 0.05) is 17.7 Å². The molecule has 1 aliphatic heterocycles. The highest BCUT2D eigenvalue weighted by molar-refractivity contribution is 5.39. The van der Waals surface area contributed by atoms with E-state index in [2.05, 4.69) is 0 Å². The van der Waals surface area contributed by atoms with Crippen molar-refractivity contribution in [2.45, 2.75) is 12.7 Å². The predicted molar refractivity (Wildman–Crippen MR) is 78.9 cm³/mol. The SMILES string of the molecule is CC1(c2ccc(Oc3ccc([N+](=O)[O-])cc3)cc2)OCCO1. The molecule has 0 radical (unpaired) electrons. The second-order valence-corrected chi connectivity index (χ2v) is 5.02. The Balaban J connectivity index is 1.72. The van der Waals surface area contributed by atoms with Crippen molar-refractivity contribution in [1.29, 1.82) is 0 Å². The maximum atomic E-state index is 10.6. The van der Waals surface area contributed by atoms with Gasteiger partial charge in [-0.05, 0) is 43.3 Å². The second-order valence-electron chi connectivity index (χ2n) is 5.02. The molecule has 1 aliphatic rings. The summed E-state index contributed by atoms with van der Waals surface area (Å²) in [4.78, 5) is 10.2. The minimum Gasteiger partial charge on any atom is -0.457 e. The Morgan fingerprint density at radius 3 is 2.00 bits per heavy atom. The minimum atomic E-state index is -0.702. The average molecular weight is 301 g/mol. The fourth-order valence-corrected chi connectivity index (χ4v) is 2.28. The summed E-state index contributed by atoms with van der Waals surface area (Å²) in [5, 5.41) is 10.6. The second kappa shape index (κ2) is 5.75. The zero-order valence-electron chi connectivity index (χ0n) is 12.0. The van der Waals surface area contributed by atoms with Gasteiger partial charge >= 0.3 is 0 Å². The number of hydrogen-bond acceptors (Lipinski definition) is 5. The summed E-state index contributed by atoms with van der Waals surface area (Å²) >= 11 is 0. The number of hydrogen-bond donors (Lipinski definition) is 0. The Morgan fingerprint density at radius 1 is 1.00 bits per heavy atom. The van der Waals surface area contributed by atoms with Crippen LogP contribution in [0.2, 0.25) is 0 Å². The molecule has 6 heteroatoms. The third kappa shape index (κ3) is 2.93. The summed E-state index contributed by atoms with van der Waals surface area (Å²) in [6.45, 7) is 3.04. The Labute approximate surface area is 127 Å². The van der Waals surface area contributed by atoms with Gasteiger partial charge in [-0.25, -0.2) is 0 Å². The van der Waals surface area contributed by atoms with Gasteiger partial charge in [0.2, 0.25) is 0 Å². The van der Waals surface area contributed by atoms with Gasteiger partial charge in [0.1, 0.15) is 11.5 Å². The third-order valence-electron chi connectivity index (χ3n) is 3.50. The van der Waals surface area contributed by atoms with Crippen molar-refractivity contribution in [3.8, 4) is 11.5 Å². The molecule has 0 saturated carbocycles. The lowest BCUT2D eigenvalue weighted by Gasteiger charge is -2.22. The molecule has 1 heterocycles. The number of nitro groups is 1. The van der Waals surface area contributed by atoms with Crippen LogP contribution in [0.25, 0.3) is 0 Å². The largest absolute Gasteiger partial charge is 0.457 e. The summed E-state index contributed by atoms with van der Waals surface area (Å²) in [6, 6.07) is 13.3. The number of ether oxygens (including phenoxy) is 3. The molecule has 2 aromatic carbocycles. The Hall–Kier alpha value is -2.44. The minimum absolute atomic E-state index is 0.0335. The summed E-state index contributed by atoms with van der Waals surface area (Å²) in [6.07, 6.45) is 0. The van der Waals surface area contributed by atoms with Crippen molar-refractivity contribution in [3.05, 3.63) is 64.2 Å². The number of nitro benzene ring substituents is 1. The van der Waals surface area contributed by atoms with Gasteiger partial charge in [-0.15, -0.1) is 0 Å². The lowest BCUT2D eigenvalue weighted by Crippen LogP contribution is -2.22. The van der Waals surface area contributed by atoms with Crippen LogP contribution < -0.4 is 4.74 Å². The highest BCUT2D eigenvalue weighted by atomic mass is 16.7. The standard InChI is InChI=1S/C16H15NO5/c1-16(20-10-11-21-16)12-2-6-14(7-3-12)22-15-8-4-13(5-9-15)17(18)19/h2-9H,10-11H2,1H3. The van der Waals surface area contributed by atoms with E-state index >= 15 is 0 Å². The quantitative estimate of drug-likeness (QED) is 0.637. The Morgan fingerprint density at radius 2 is 1.50 bits per heavy atom. The molecule has 2 aromatic rings. The van der Waals surface area contributed by atoms with Gasteiger partial charge in [-0.3, -0.25) is 10.1 Å². The first-order valence-electron chi connectivity index (χ1n) is 6.88. The summed E-state index contributed by atoms with van der Waals surface area (Å²) in [7, 11) is 0. The van der Waals surface area contributed by atoms with Crippen LogP contribution >= 0.6 is 0 Å². The van der Waals surface area contributed by atoms with E-state index in [9.17, 15) is 10.1 Å². The molecule has 1 saturated heterocycles. The van der Waals surface area contributed by atoms with Crippen molar-refractivity contribution >= 4 is 5.69 Å². The van der Waals surface area contributed by atoms with Crippen molar-refractivity contribution in [2.24, 2.45) is 0 Å². The molecule has 0 N–H and O–H groups in total. The van der Waals surface area contributed by atoms with Crippen LogP contribution in [0.1, 0.15) is 12.5 Å². The summed E-state index contributed by atoms with van der Waals surface area (Å²) < 4.78 is 16.8. The maximum Gasteiger partial charge on any atom is 0.269 e. The van der Waals surface area contributed by atoms with Gasteiger partial charge in [0.25, 0.3) is 5.69 Å². The van der Waals surface area contributed by atoms with Gasteiger partial charge in [0.15, 0.2) is 5.79 Å². The topological polar surface area (TPSA) is 70.8 Å². The first-order chi connectivity index (χ1) is 10.6. The van der Waals surface area contributed by atoms with E-state index in [0.29, 0.717) is 24.7 Å². The zero-order chi connectivity index (χ0) is 15.6. The number of nitrogens with zero attached hydrogens (tertiary/aromatic N) is 1. The molecule has 6 nitrogen and oxygen atoms in total. The van der Waals surface area contributed by atoms with Gasteiger partial charge in [-0.2, -0.15) is 0 Å². The van der Waals surface area contributed by atoms with E-state index in [4.69, 9.17) is 14.2 Å². The first-order valence-corrected chi connectivity index (χ1v) is 6.88. The Kier molecular flexibility index (Phi) is 3.79. The molecule has 22 heavy (non-hydrogen) atoms. The molecule has 0 aliphatic carbocycles. The fraction of sp³-hybridized carbons (Fsp3) is 0.250. The summed E-state index contributed by atoms with van der Waals surface area (Å²) in [5.41, 5.74) is 0.951. The van der Waals surface area contributed by atoms with E-state index in [0.717, 1.165) is 5.56 Å². The average Bonchev–Trinajstić information content (AvgIpc) is 2.96. The lowest BCUT2D eigenvalue weighted by molar-refractivity contribution is -0.384. The molecule has 0 amide bonds. The van der Waals surface area contributed by atoms with Crippen molar-refractivity contribution < 1.29 is 19.1 Å². The van der Waals surface area contributed by atoms with Gasteiger partial charge in [0.05, 0.1) is 18.1 Å². The first kappa shape index (κ1) is 14.5. The van der Waals surface area contributed by atoms with Crippen LogP contribution in [0.4, 0.5) is 5.69 Å². The van der Waals surface area contributed by atoms with Crippen LogP contribution in [-0.4, -0.2) is 18.1 Å². The van der Waals surface area contributed by atoms with Gasteiger partial charge in [-0.1, -0.05) is 0 Å². The molecule has 3 rings (SSSR count). The monoisotopic (exact) mass is 301 g/mol. The molecule has 0 bridgehead atoms. The van der Waals surface area contributed by atoms with Crippen LogP contribution in [0.5, 0.6) is 11.5 Å². The van der Waals surface area contributed by atoms with Crippen LogP contribution in [0.3, 0.4) is 0 Å². The zero-order valence-corrected chi connectivity index (χ0v) is 12.0. The smallest absolute Gasteiger partial charge is 0.269 e. The van der Waals surface area contributed by atoms with E-state index in [1.54, 1.807) is 12.1 Å². The molecular weight excluding hydrogens is 286 g/mol. The van der Waals surface area contributed by atoms with Crippen LogP contribution in [0, 0.1) is 10.1 Å². The number of benzene rings is 2. The lowest BCUT2D eigenvalue weighted by atomic mass is 10.1. The Bertz CT molecular complexity index is 660. The van der Waals surface area contributed by atoms with E-state index in [1.807, 2.05) is 31.2 Å². The number of non-ortho nitro benzene ring substituents is 1. The maximum absolute atomic E-state index is 10.6. The van der Waals surface area contributed by atoms with Crippen LogP contribution in [-0.2, 0) is 15.3 Å². The number of rotatable bonds is 4. The van der Waals surface area contributed by atoms with Crippen molar-refractivity contribution in [2.75, 3.05) is 13.2 Å². The molecule has 0 spiro atoms. The molecule has 0 aromatic heterocycles. The molecule has 0 unspecified atom stereocenters. The van der Waals surface area contributed by atoms with Crippen molar-refractivity contribution in [3.63, 3.8) is 0 Å². The normalized spacial score (nSPS) is 16.4. The van der Waals surface area contributed by atoms with E-state index < -0.39 is 10.7 Å². The highest BCUT2D eigenvalue weighted by Crippen LogP contribution is 2.32. The summed E-state index contributed by atoms with van der Waals surface area (Å²) in [5.74, 6) is 0.475. The van der Waals surface area contributed by atoms with Crippen LogP contribution in [0.15, 0.2) is 48.5 Å².